The Morgan fingerprint density at radius 3 is 2.76 bits per heavy atom. The molecule has 1 N–H and O–H groups in total. The van der Waals surface area contributed by atoms with Gasteiger partial charge in [-0.1, -0.05) is 25.1 Å². The summed E-state index contributed by atoms with van der Waals surface area (Å²) in [6, 6.07) is 8.24. The number of hydrogen-bond acceptors (Lipinski definition) is 2. The minimum Gasteiger partial charge on any atom is -0.389 e. The lowest BCUT2D eigenvalue weighted by molar-refractivity contribution is 0.199. The van der Waals surface area contributed by atoms with E-state index in [9.17, 15) is 5.11 Å². The highest BCUT2D eigenvalue weighted by Gasteiger charge is 2.17. The molecule has 0 amide bonds. The number of aliphatic hydroxyl groups excluding tert-OH is 1. The zero-order valence-corrected chi connectivity index (χ0v) is 10.9. The lowest BCUT2D eigenvalue weighted by Gasteiger charge is -2.26. The maximum absolute atomic E-state index is 9.83. The molecule has 1 aliphatic heterocycles. The monoisotopic (exact) mass is 233 g/mol. The summed E-state index contributed by atoms with van der Waals surface area (Å²) < 4.78 is 0. The average molecular weight is 233 g/mol. The Bertz CT molecular complexity index is 362. The zero-order valence-electron chi connectivity index (χ0n) is 10.9. The third kappa shape index (κ3) is 3.01. The normalized spacial score (nSPS) is 23.2. The summed E-state index contributed by atoms with van der Waals surface area (Å²) in [5.74, 6) is 0.832. The van der Waals surface area contributed by atoms with Crippen molar-refractivity contribution in [2.75, 3.05) is 18.0 Å². The van der Waals surface area contributed by atoms with Gasteiger partial charge in [0.2, 0.25) is 0 Å². The molecular formula is C15H23NO. The Balaban J connectivity index is 2.21. The molecule has 17 heavy (non-hydrogen) atoms. The molecule has 2 atom stereocenters. The molecular weight excluding hydrogens is 210 g/mol. The Morgan fingerprint density at radius 2 is 2.00 bits per heavy atom. The van der Waals surface area contributed by atoms with Gasteiger partial charge >= 0.3 is 0 Å². The summed E-state index contributed by atoms with van der Waals surface area (Å²) in [7, 11) is 0. The first-order valence-corrected chi connectivity index (χ1v) is 6.70. The summed E-state index contributed by atoms with van der Waals surface area (Å²) in [5, 5.41) is 9.83. The molecule has 2 nitrogen and oxygen atoms in total. The predicted octanol–water partition coefficient (Wildman–Crippen LogP) is 3.37. The number of aliphatic hydroxyl groups is 1. The van der Waals surface area contributed by atoms with Crippen molar-refractivity contribution in [1.82, 2.24) is 0 Å². The van der Waals surface area contributed by atoms with Crippen LogP contribution in [0.5, 0.6) is 0 Å². The summed E-state index contributed by atoms with van der Waals surface area (Å²) in [6.07, 6.45) is 3.46. The first-order valence-electron chi connectivity index (χ1n) is 6.70. The van der Waals surface area contributed by atoms with Gasteiger partial charge in [0, 0.05) is 24.3 Å². The van der Waals surface area contributed by atoms with E-state index in [0.29, 0.717) is 0 Å². The van der Waals surface area contributed by atoms with E-state index in [1.807, 2.05) is 19.1 Å². The van der Waals surface area contributed by atoms with Gasteiger partial charge in [-0.25, -0.2) is 0 Å². The van der Waals surface area contributed by atoms with Gasteiger partial charge < -0.3 is 10.0 Å². The molecule has 1 aromatic carbocycles. The SMILES string of the molecule is CC1CCCN(c2ccccc2[C@H](C)O)CC1. The van der Waals surface area contributed by atoms with Gasteiger partial charge in [0.25, 0.3) is 0 Å². The maximum atomic E-state index is 9.83. The van der Waals surface area contributed by atoms with Crippen molar-refractivity contribution in [3.63, 3.8) is 0 Å². The van der Waals surface area contributed by atoms with Crippen molar-refractivity contribution in [3.05, 3.63) is 29.8 Å². The van der Waals surface area contributed by atoms with Crippen LogP contribution in [0.15, 0.2) is 24.3 Å². The van der Waals surface area contributed by atoms with E-state index in [-0.39, 0.29) is 6.10 Å². The lowest BCUT2D eigenvalue weighted by atomic mass is 10.0. The molecule has 1 aromatic rings. The number of anilines is 1. The number of para-hydroxylation sites is 1. The third-order valence-electron chi connectivity index (χ3n) is 3.74. The summed E-state index contributed by atoms with van der Waals surface area (Å²) in [5.41, 5.74) is 2.28. The van der Waals surface area contributed by atoms with E-state index in [0.717, 1.165) is 24.6 Å². The van der Waals surface area contributed by atoms with Gasteiger partial charge in [0.15, 0.2) is 0 Å². The number of benzene rings is 1. The van der Waals surface area contributed by atoms with Crippen molar-refractivity contribution < 1.29 is 5.11 Å². The lowest BCUT2D eigenvalue weighted by Crippen LogP contribution is -2.25. The number of hydrogen-bond donors (Lipinski definition) is 1. The average Bonchev–Trinajstić information content (AvgIpc) is 2.54. The molecule has 0 aliphatic carbocycles. The van der Waals surface area contributed by atoms with Gasteiger partial charge in [-0.15, -0.1) is 0 Å². The Kier molecular flexibility index (Phi) is 4.06. The smallest absolute Gasteiger partial charge is 0.0781 e. The van der Waals surface area contributed by atoms with Crippen LogP contribution in [0.25, 0.3) is 0 Å². The van der Waals surface area contributed by atoms with Crippen LogP contribution in [0.2, 0.25) is 0 Å². The molecule has 0 bridgehead atoms. The van der Waals surface area contributed by atoms with E-state index in [4.69, 9.17) is 0 Å². The second-order valence-corrected chi connectivity index (χ2v) is 5.26. The first-order chi connectivity index (χ1) is 8.18. The Hall–Kier alpha value is -1.02. The zero-order chi connectivity index (χ0) is 12.3. The van der Waals surface area contributed by atoms with E-state index in [1.165, 1.54) is 24.9 Å². The van der Waals surface area contributed by atoms with Crippen LogP contribution in [0.3, 0.4) is 0 Å². The quantitative estimate of drug-likeness (QED) is 0.846. The predicted molar refractivity (Wildman–Crippen MR) is 72.3 cm³/mol. The molecule has 0 aromatic heterocycles. The molecule has 0 spiro atoms. The van der Waals surface area contributed by atoms with E-state index in [2.05, 4.69) is 24.0 Å². The highest BCUT2D eigenvalue weighted by molar-refractivity contribution is 5.54. The maximum Gasteiger partial charge on any atom is 0.0781 e. The molecule has 1 aliphatic rings. The summed E-state index contributed by atoms with van der Waals surface area (Å²) in [4.78, 5) is 2.44. The largest absolute Gasteiger partial charge is 0.389 e. The molecule has 2 heteroatoms. The van der Waals surface area contributed by atoms with Crippen molar-refractivity contribution >= 4 is 5.69 Å². The topological polar surface area (TPSA) is 23.5 Å². The first kappa shape index (κ1) is 12.4. The molecule has 2 rings (SSSR count). The molecule has 1 unspecified atom stereocenters. The van der Waals surface area contributed by atoms with Crippen LogP contribution in [0, 0.1) is 5.92 Å². The fourth-order valence-electron chi connectivity index (χ4n) is 2.63. The minimum absolute atomic E-state index is 0.383. The van der Waals surface area contributed by atoms with Gasteiger partial charge in [-0.3, -0.25) is 0 Å². The van der Waals surface area contributed by atoms with Crippen LogP contribution in [0.4, 0.5) is 5.69 Å². The van der Waals surface area contributed by atoms with Gasteiger partial charge in [0.1, 0.15) is 0 Å². The fraction of sp³-hybridized carbons (Fsp3) is 0.600. The second kappa shape index (κ2) is 5.54. The standard InChI is InChI=1S/C15H23NO/c1-12-6-5-10-16(11-9-12)15-8-4-3-7-14(15)13(2)17/h3-4,7-8,12-13,17H,5-6,9-11H2,1-2H3/t12?,13-/m0/s1. The van der Waals surface area contributed by atoms with Gasteiger partial charge in [0.05, 0.1) is 6.10 Å². The van der Waals surface area contributed by atoms with Gasteiger partial charge in [-0.05, 0) is 38.2 Å². The van der Waals surface area contributed by atoms with Crippen LogP contribution in [-0.2, 0) is 0 Å². The molecule has 1 heterocycles. The molecule has 0 radical (unpaired) electrons. The second-order valence-electron chi connectivity index (χ2n) is 5.26. The summed E-state index contributed by atoms with van der Waals surface area (Å²) in [6.45, 7) is 6.42. The Labute approximate surface area is 104 Å². The third-order valence-corrected chi connectivity index (χ3v) is 3.74. The van der Waals surface area contributed by atoms with Crippen molar-refractivity contribution in [1.29, 1.82) is 0 Å². The van der Waals surface area contributed by atoms with Gasteiger partial charge in [-0.2, -0.15) is 0 Å². The fourth-order valence-corrected chi connectivity index (χ4v) is 2.63. The van der Waals surface area contributed by atoms with Crippen molar-refractivity contribution in [2.45, 2.75) is 39.2 Å². The molecule has 1 fully saturated rings. The van der Waals surface area contributed by atoms with Crippen molar-refractivity contribution in [3.8, 4) is 0 Å². The van der Waals surface area contributed by atoms with Crippen LogP contribution in [0.1, 0.15) is 44.8 Å². The Morgan fingerprint density at radius 1 is 1.24 bits per heavy atom. The minimum atomic E-state index is -0.383. The number of rotatable bonds is 2. The number of nitrogens with zero attached hydrogens (tertiary/aromatic N) is 1. The highest BCUT2D eigenvalue weighted by Crippen LogP contribution is 2.29. The summed E-state index contributed by atoms with van der Waals surface area (Å²) >= 11 is 0. The van der Waals surface area contributed by atoms with E-state index >= 15 is 0 Å². The van der Waals surface area contributed by atoms with Crippen LogP contribution >= 0.6 is 0 Å². The van der Waals surface area contributed by atoms with E-state index < -0.39 is 0 Å². The van der Waals surface area contributed by atoms with Crippen LogP contribution in [-0.4, -0.2) is 18.2 Å². The van der Waals surface area contributed by atoms with Crippen molar-refractivity contribution in [2.24, 2.45) is 5.92 Å². The van der Waals surface area contributed by atoms with E-state index in [1.54, 1.807) is 0 Å². The molecule has 1 saturated heterocycles. The molecule has 94 valence electrons. The molecule has 0 saturated carbocycles. The highest BCUT2D eigenvalue weighted by atomic mass is 16.3. The van der Waals surface area contributed by atoms with Crippen LogP contribution < -0.4 is 4.90 Å².